The van der Waals surface area contributed by atoms with Gasteiger partial charge in [-0.3, -0.25) is 14.3 Å². The lowest BCUT2D eigenvalue weighted by molar-refractivity contribution is 0.0996. The van der Waals surface area contributed by atoms with Crippen molar-refractivity contribution in [2.24, 2.45) is 12.8 Å². The van der Waals surface area contributed by atoms with Crippen molar-refractivity contribution < 1.29 is 18.0 Å². The van der Waals surface area contributed by atoms with Crippen LogP contribution >= 0.6 is 0 Å². The molecule has 0 saturated heterocycles. The Morgan fingerprint density at radius 1 is 1.24 bits per heavy atom. The van der Waals surface area contributed by atoms with Gasteiger partial charge in [0, 0.05) is 24.4 Å². The van der Waals surface area contributed by atoms with Gasteiger partial charge in [-0.05, 0) is 44.5 Å². The van der Waals surface area contributed by atoms with Crippen LogP contribution < -0.4 is 16.5 Å². The van der Waals surface area contributed by atoms with Crippen LogP contribution in [0.25, 0.3) is 22.3 Å². The summed E-state index contributed by atoms with van der Waals surface area (Å²) >= 11 is 0. The first kappa shape index (κ1) is 22.2. The minimum Gasteiger partial charge on any atom is -0.455 e. The molecule has 0 unspecified atom stereocenters. The number of nitrogens with two attached hydrogens (primary N) is 1. The third kappa shape index (κ3) is 3.86. The fourth-order valence-electron chi connectivity index (χ4n) is 3.93. The van der Waals surface area contributed by atoms with Crippen molar-refractivity contribution in [1.82, 2.24) is 9.78 Å². The van der Waals surface area contributed by atoms with Gasteiger partial charge in [-0.25, -0.2) is 8.78 Å². The SMILES string of the molecule is Cc1cc([C@@H](C)Nc2ccc(F)c(F)c2C(N)=O)c2oc(-c3cnn(C)c3)c(C)c(=O)c2c1. The van der Waals surface area contributed by atoms with Crippen LogP contribution in [0.15, 0.2) is 45.9 Å². The van der Waals surface area contributed by atoms with Gasteiger partial charge < -0.3 is 15.5 Å². The van der Waals surface area contributed by atoms with E-state index in [0.29, 0.717) is 33.4 Å². The summed E-state index contributed by atoms with van der Waals surface area (Å²) in [6.45, 7) is 5.29. The maximum atomic E-state index is 14.2. The molecule has 0 aliphatic heterocycles. The topological polar surface area (TPSA) is 103 Å². The molecule has 2 aromatic heterocycles. The van der Waals surface area contributed by atoms with Crippen LogP contribution in [0.3, 0.4) is 0 Å². The standard InChI is InChI=1S/C24H22F2N4O3/c1-11-7-15(13(3)29-18-6-5-17(25)20(26)19(18)24(27)32)23-16(8-11)21(31)12(2)22(33-23)14-9-28-30(4)10-14/h5-10,13,29H,1-4H3,(H2,27,32)/t13-/m1/s1. The number of aryl methyl sites for hydroxylation is 2. The van der Waals surface area contributed by atoms with Gasteiger partial charge in [0.05, 0.1) is 28.9 Å². The fourth-order valence-corrected chi connectivity index (χ4v) is 3.93. The van der Waals surface area contributed by atoms with E-state index in [0.717, 1.165) is 11.6 Å². The lowest BCUT2D eigenvalue weighted by Crippen LogP contribution is -2.19. The van der Waals surface area contributed by atoms with Gasteiger partial charge in [-0.15, -0.1) is 0 Å². The zero-order valence-electron chi connectivity index (χ0n) is 18.5. The Hall–Kier alpha value is -4.01. The van der Waals surface area contributed by atoms with E-state index in [1.807, 2.05) is 13.0 Å². The normalized spacial score (nSPS) is 12.2. The summed E-state index contributed by atoms with van der Waals surface area (Å²) in [5.41, 5.74) is 7.42. The van der Waals surface area contributed by atoms with Crippen LogP contribution in [0.2, 0.25) is 0 Å². The summed E-state index contributed by atoms with van der Waals surface area (Å²) in [5, 5.41) is 7.54. The molecule has 0 bridgehead atoms. The highest BCUT2D eigenvalue weighted by Crippen LogP contribution is 2.33. The highest BCUT2D eigenvalue weighted by molar-refractivity contribution is 5.99. The van der Waals surface area contributed by atoms with Gasteiger partial charge in [-0.2, -0.15) is 5.10 Å². The molecule has 0 spiro atoms. The van der Waals surface area contributed by atoms with Gasteiger partial charge in [0.1, 0.15) is 16.9 Å². The van der Waals surface area contributed by atoms with Crippen molar-refractivity contribution in [2.45, 2.75) is 26.8 Å². The van der Waals surface area contributed by atoms with E-state index in [1.54, 1.807) is 44.0 Å². The van der Waals surface area contributed by atoms with E-state index in [2.05, 4.69) is 10.4 Å². The van der Waals surface area contributed by atoms with Crippen molar-refractivity contribution in [1.29, 1.82) is 0 Å². The first-order valence-electron chi connectivity index (χ1n) is 10.2. The Labute approximate surface area is 187 Å². The van der Waals surface area contributed by atoms with Gasteiger partial charge in [0.25, 0.3) is 5.91 Å². The first-order chi connectivity index (χ1) is 15.6. The Kier molecular flexibility index (Phi) is 5.49. The van der Waals surface area contributed by atoms with Gasteiger partial charge in [0.2, 0.25) is 0 Å². The molecule has 9 heteroatoms. The molecule has 0 aliphatic rings. The zero-order chi connectivity index (χ0) is 24.0. The monoisotopic (exact) mass is 452 g/mol. The molecule has 2 heterocycles. The second-order valence-electron chi connectivity index (χ2n) is 8.03. The summed E-state index contributed by atoms with van der Waals surface area (Å²) in [6, 6.07) is 5.17. The Morgan fingerprint density at radius 2 is 1.97 bits per heavy atom. The van der Waals surface area contributed by atoms with Crippen LogP contribution in [-0.4, -0.2) is 15.7 Å². The van der Waals surface area contributed by atoms with Crippen LogP contribution in [0.1, 0.15) is 40.0 Å². The van der Waals surface area contributed by atoms with Crippen molar-refractivity contribution in [2.75, 3.05) is 5.32 Å². The second kappa shape index (κ2) is 8.16. The van der Waals surface area contributed by atoms with E-state index >= 15 is 0 Å². The molecule has 0 saturated carbocycles. The Bertz CT molecular complexity index is 1470. The molecule has 2 aromatic carbocycles. The van der Waals surface area contributed by atoms with Gasteiger partial charge >= 0.3 is 0 Å². The third-order valence-electron chi connectivity index (χ3n) is 5.54. The number of anilines is 1. The molecule has 1 atom stereocenters. The number of nitrogens with one attached hydrogen (secondary N) is 1. The molecule has 0 fully saturated rings. The van der Waals surface area contributed by atoms with E-state index in [4.69, 9.17) is 10.2 Å². The van der Waals surface area contributed by atoms with Crippen molar-refractivity contribution in [3.8, 4) is 11.3 Å². The lowest BCUT2D eigenvalue weighted by atomic mass is 9.99. The number of carbonyl (C=O) groups is 1. The second-order valence-corrected chi connectivity index (χ2v) is 8.03. The van der Waals surface area contributed by atoms with Crippen LogP contribution in [0, 0.1) is 25.5 Å². The molecular weight excluding hydrogens is 430 g/mol. The average Bonchev–Trinajstić information content (AvgIpc) is 3.18. The number of amides is 1. The summed E-state index contributed by atoms with van der Waals surface area (Å²) < 4.78 is 35.7. The van der Waals surface area contributed by atoms with E-state index in [1.165, 1.54) is 6.07 Å². The Balaban J connectivity index is 1.89. The van der Waals surface area contributed by atoms with Crippen LogP contribution in [0.5, 0.6) is 0 Å². The number of hydrogen-bond donors (Lipinski definition) is 2. The molecule has 7 nitrogen and oxygen atoms in total. The number of primary amides is 1. The molecule has 4 rings (SSSR count). The number of carbonyl (C=O) groups excluding carboxylic acids is 1. The quantitative estimate of drug-likeness (QED) is 0.468. The zero-order valence-corrected chi connectivity index (χ0v) is 18.5. The van der Waals surface area contributed by atoms with Crippen LogP contribution in [0.4, 0.5) is 14.5 Å². The minimum atomic E-state index is -1.32. The number of benzene rings is 2. The first-order valence-corrected chi connectivity index (χ1v) is 10.2. The maximum Gasteiger partial charge on any atom is 0.253 e. The predicted molar refractivity (Wildman–Crippen MR) is 121 cm³/mol. The van der Waals surface area contributed by atoms with Crippen molar-refractivity contribution >= 4 is 22.6 Å². The lowest BCUT2D eigenvalue weighted by Gasteiger charge is -2.20. The summed E-state index contributed by atoms with van der Waals surface area (Å²) in [5.74, 6) is -3.21. The smallest absolute Gasteiger partial charge is 0.253 e. The highest BCUT2D eigenvalue weighted by atomic mass is 19.2. The van der Waals surface area contributed by atoms with E-state index in [9.17, 15) is 18.4 Å². The van der Waals surface area contributed by atoms with Crippen molar-refractivity contribution in [3.63, 3.8) is 0 Å². The fraction of sp³-hybridized carbons (Fsp3) is 0.208. The molecule has 4 aromatic rings. The predicted octanol–water partition coefficient (Wildman–Crippen LogP) is 4.36. The van der Waals surface area contributed by atoms with E-state index < -0.39 is 29.1 Å². The van der Waals surface area contributed by atoms with Crippen LogP contribution in [-0.2, 0) is 7.05 Å². The van der Waals surface area contributed by atoms with Crippen molar-refractivity contribution in [3.05, 3.63) is 80.8 Å². The molecular formula is C24H22F2N4O3. The number of aromatic nitrogens is 2. The minimum absolute atomic E-state index is 0.0329. The van der Waals surface area contributed by atoms with E-state index in [-0.39, 0.29) is 11.1 Å². The molecule has 0 radical (unpaired) electrons. The summed E-state index contributed by atoms with van der Waals surface area (Å²) in [4.78, 5) is 25.0. The molecule has 33 heavy (non-hydrogen) atoms. The number of nitrogens with zero attached hydrogens (tertiary/aromatic N) is 2. The largest absolute Gasteiger partial charge is 0.455 e. The van der Waals surface area contributed by atoms with Gasteiger partial charge in [-0.1, -0.05) is 6.07 Å². The number of halogens is 2. The molecule has 0 aliphatic carbocycles. The average molecular weight is 452 g/mol. The maximum absolute atomic E-state index is 14.2. The number of rotatable bonds is 5. The Morgan fingerprint density at radius 3 is 2.61 bits per heavy atom. The third-order valence-corrected chi connectivity index (χ3v) is 5.54. The summed E-state index contributed by atoms with van der Waals surface area (Å²) in [7, 11) is 1.76. The molecule has 170 valence electrons. The van der Waals surface area contributed by atoms with Gasteiger partial charge in [0.15, 0.2) is 17.1 Å². The highest BCUT2D eigenvalue weighted by Gasteiger charge is 2.23. The molecule has 1 amide bonds. The molecule has 3 N–H and O–H groups in total. The number of hydrogen-bond acceptors (Lipinski definition) is 5. The summed E-state index contributed by atoms with van der Waals surface area (Å²) in [6.07, 6.45) is 3.35. The number of fused-ring (bicyclic) bond motifs is 1.